The third-order valence-electron chi connectivity index (χ3n) is 3.05. The second kappa shape index (κ2) is 6.90. The minimum absolute atomic E-state index is 0.0382. The van der Waals surface area contributed by atoms with Crippen LogP contribution in [0.15, 0.2) is 35.1 Å². The van der Waals surface area contributed by atoms with Crippen molar-refractivity contribution in [3.8, 4) is 0 Å². The van der Waals surface area contributed by atoms with E-state index >= 15 is 0 Å². The first-order valence-electron chi connectivity index (χ1n) is 6.56. The standard InChI is InChI=1S/C15H17BrFN3/c1-3-18-14(15-9-19-10(2)8-20-15)6-11-4-5-12(16)7-13(11)17/h4-5,7-9,14,18H,3,6H2,1-2H3. The highest BCUT2D eigenvalue weighted by Crippen LogP contribution is 2.21. The molecule has 20 heavy (non-hydrogen) atoms. The van der Waals surface area contributed by atoms with E-state index in [0.717, 1.165) is 22.4 Å². The van der Waals surface area contributed by atoms with Crippen LogP contribution in [0.3, 0.4) is 0 Å². The highest BCUT2D eigenvalue weighted by molar-refractivity contribution is 9.10. The van der Waals surface area contributed by atoms with Crippen LogP contribution in [0, 0.1) is 12.7 Å². The lowest BCUT2D eigenvalue weighted by atomic mass is 10.0. The Kier molecular flexibility index (Phi) is 5.20. The summed E-state index contributed by atoms with van der Waals surface area (Å²) in [6.45, 7) is 4.71. The Hall–Kier alpha value is -1.33. The van der Waals surface area contributed by atoms with Crippen LogP contribution in [-0.4, -0.2) is 16.5 Å². The Labute approximate surface area is 126 Å². The number of likely N-dealkylation sites (N-methyl/N-ethyl adjacent to an activating group) is 1. The fourth-order valence-corrected chi connectivity index (χ4v) is 2.35. The van der Waals surface area contributed by atoms with Gasteiger partial charge in [-0.3, -0.25) is 9.97 Å². The summed E-state index contributed by atoms with van der Waals surface area (Å²) in [5, 5.41) is 3.33. The zero-order valence-electron chi connectivity index (χ0n) is 11.5. The second-order valence-corrected chi connectivity index (χ2v) is 5.55. The molecule has 2 rings (SSSR count). The number of hydrogen-bond donors (Lipinski definition) is 1. The van der Waals surface area contributed by atoms with Gasteiger partial charge in [-0.15, -0.1) is 0 Å². The van der Waals surface area contributed by atoms with Gasteiger partial charge in [0, 0.05) is 10.7 Å². The molecule has 0 radical (unpaired) electrons. The van der Waals surface area contributed by atoms with E-state index in [1.54, 1.807) is 18.5 Å². The molecule has 1 N–H and O–H groups in total. The minimum Gasteiger partial charge on any atom is -0.309 e. The molecule has 0 amide bonds. The molecule has 1 heterocycles. The van der Waals surface area contributed by atoms with Crippen molar-refractivity contribution in [2.75, 3.05) is 6.54 Å². The van der Waals surface area contributed by atoms with Crippen molar-refractivity contribution in [2.24, 2.45) is 0 Å². The Morgan fingerprint density at radius 1 is 1.30 bits per heavy atom. The number of aryl methyl sites for hydroxylation is 1. The van der Waals surface area contributed by atoms with Crippen LogP contribution in [0.5, 0.6) is 0 Å². The van der Waals surface area contributed by atoms with Crippen molar-refractivity contribution in [3.63, 3.8) is 0 Å². The van der Waals surface area contributed by atoms with Crippen LogP contribution in [0.4, 0.5) is 4.39 Å². The van der Waals surface area contributed by atoms with E-state index in [4.69, 9.17) is 0 Å². The summed E-state index contributed by atoms with van der Waals surface area (Å²) in [6, 6.07) is 5.09. The molecular formula is C15H17BrFN3. The summed E-state index contributed by atoms with van der Waals surface area (Å²) >= 11 is 3.27. The van der Waals surface area contributed by atoms with Crippen molar-refractivity contribution in [1.82, 2.24) is 15.3 Å². The van der Waals surface area contributed by atoms with Gasteiger partial charge in [0.1, 0.15) is 5.82 Å². The van der Waals surface area contributed by atoms with Gasteiger partial charge in [0.25, 0.3) is 0 Å². The zero-order valence-corrected chi connectivity index (χ0v) is 13.1. The lowest BCUT2D eigenvalue weighted by molar-refractivity contribution is 0.515. The average molecular weight is 338 g/mol. The number of nitrogens with one attached hydrogen (secondary N) is 1. The molecule has 0 saturated heterocycles. The van der Waals surface area contributed by atoms with Gasteiger partial charge in [-0.05, 0) is 37.6 Å². The Morgan fingerprint density at radius 2 is 2.10 bits per heavy atom. The van der Waals surface area contributed by atoms with Gasteiger partial charge in [0.2, 0.25) is 0 Å². The second-order valence-electron chi connectivity index (χ2n) is 4.63. The van der Waals surface area contributed by atoms with E-state index in [0.29, 0.717) is 12.0 Å². The van der Waals surface area contributed by atoms with Gasteiger partial charge in [-0.2, -0.15) is 0 Å². The van der Waals surface area contributed by atoms with Crippen molar-refractivity contribution in [2.45, 2.75) is 26.3 Å². The van der Waals surface area contributed by atoms with E-state index in [1.807, 2.05) is 19.9 Å². The maximum Gasteiger partial charge on any atom is 0.127 e. The maximum absolute atomic E-state index is 13.9. The molecule has 0 aliphatic carbocycles. The summed E-state index contributed by atoms with van der Waals surface area (Å²) in [4.78, 5) is 8.64. The predicted molar refractivity (Wildman–Crippen MR) is 81.0 cm³/mol. The van der Waals surface area contributed by atoms with Gasteiger partial charge >= 0.3 is 0 Å². The highest BCUT2D eigenvalue weighted by Gasteiger charge is 2.15. The highest BCUT2D eigenvalue weighted by atomic mass is 79.9. The molecule has 0 aliphatic rings. The van der Waals surface area contributed by atoms with Gasteiger partial charge in [-0.25, -0.2) is 4.39 Å². The largest absolute Gasteiger partial charge is 0.309 e. The van der Waals surface area contributed by atoms with E-state index in [2.05, 4.69) is 31.2 Å². The SMILES string of the molecule is CCNC(Cc1ccc(Br)cc1F)c1cnc(C)cn1. The lowest BCUT2D eigenvalue weighted by Gasteiger charge is -2.17. The number of rotatable bonds is 5. The molecule has 0 spiro atoms. The summed E-state index contributed by atoms with van der Waals surface area (Å²) in [6.07, 6.45) is 4.03. The maximum atomic E-state index is 13.9. The Balaban J connectivity index is 2.22. The van der Waals surface area contributed by atoms with Gasteiger partial charge in [-0.1, -0.05) is 28.9 Å². The average Bonchev–Trinajstić information content (AvgIpc) is 2.42. The molecule has 1 aromatic heterocycles. The fourth-order valence-electron chi connectivity index (χ4n) is 2.02. The molecule has 2 aromatic rings. The van der Waals surface area contributed by atoms with Crippen molar-refractivity contribution in [3.05, 3.63) is 57.8 Å². The molecule has 3 nitrogen and oxygen atoms in total. The van der Waals surface area contributed by atoms with Crippen molar-refractivity contribution < 1.29 is 4.39 Å². The van der Waals surface area contributed by atoms with E-state index in [1.165, 1.54) is 6.07 Å². The molecule has 106 valence electrons. The molecule has 0 fully saturated rings. The summed E-state index contributed by atoms with van der Waals surface area (Å²) in [5.74, 6) is -0.206. The van der Waals surface area contributed by atoms with Crippen LogP contribution in [0.25, 0.3) is 0 Å². The lowest BCUT2D eigenvalue weighted by Crippen LogP contribution is -2.24. The third-order valence-corrected chi connectivity index (χ3v) is 3.54. The van der Waals surface area contributed by atoms with Crippen LogP contribution < -0.4 is 5.32 Å². The first kappa shape index (κ1) is 15.1. The summed E-state index contributed by atoms with van der Waals surface area (Å²) in [5.41, 5.74) is 2.38. The van der Waals surface area contributed by atoms with Crippen molar-refractivity contribution >= 4 is 15.9 Å². The zero-order chi connectivity index (χ0) is 14.5. The topological polar surface area (TPSA) is 37.8 Å². The molecule has 1 aromatic carbocycles. The number of hydrogen-bond acceptors (Lipinski definition) is 3. The van der Waals surface area contributed by atoms with E-state index < -0.39 is 0 Å². The van der Waals surface area contributed by atoms with Crippen molar-refractivity contribution in [1.29, 1.82) is 0 Å². The third kappa shape index (κ3) is 3.84. The minimum atomic E-state index is -0.206. The first-order chi connectivity index (χ1) is 9.60. The molecule has 0 aliphatic heterocycles. The van der Waals surface area contributed by atoms with Crippen LogP contribution in [0.1, 0.15) is 29.9 Å². The number of benzene rings is 1. The van der Waals surface area contributed by atoms with Crippen LogP contribution in [0.2, 0.25) is 0 Å². The summed E-state index contributed by atoms with van der Waals surface area (Å²) in [7, 11) is 0. The monoisotopic (exact) mass is 337 g/mol. The number of halogens is 2. The number of nitrogens with zero attached hydrogens (tertiary/aromatic N) is 2. The Bertz CT molecular complexity index is 572. The Morgan fingerprint density at radius 3 is 2.70 bits per heavy atom. The molecule has 1 atom stereocenters. The van der Waals surface area contributed by atoms with Crippen LogP contribution in [-0.2, 0) is 6.42 Å². The molecule has 0 saturated carbocycles. The first-order valence-corrected chi connectivity index (χ1v) is 7.35. The molecule has 0 bridgehead atoms. The van der Waals surface area contributed by atoms with Gasteiger partial charge in [0.15, 0.2) is 0 Å². The van der Waals surface area contributed by atoms with Gasteiger partial charge in [0.05, 0.1) is 23.6 Å². The molecule has 5 heteroatoms. The normalized spacial score (nSPS) is 12.4. The fraction of sp³-hybridized carbons (Fsp3) is 0.333. The molecular weight excluding hydrogens is 321 g/mol. The van der Waals surface area contributed by atoms with Gasteiger partial charge < -0.3 is 5.32 Å². The predicted octanol–water partition coefficient (Wildman–Crippen LogP) is 3.58. The van der Waals surface area contributed by atoms with E-state index in [-0.39, 0.29) is 11.9 Å². The van der Waals surface area contributed by atoms with Crippen LogP contribution >= 0.6 is 15.9 Å². The number of aromatic nitrogens is 2. The summed E-state index contributed by atoms with van der Waals surface area (Å²) < 4.78 is 14.7. The smallest absolute Gasteiger partial charge is 0.127 e. The molecule has 1 unspecified atom stereocenters. The van der Waals surface area contributed by atoms with E-state index in [9.17, 15) is 4.39 Å². The quantitative estimate of drug-likeness (QED) is 0.906.